The van der Waals surface area contributed by atoms with Crippen molar-refractivity contribution < 1.29 is 4.52 Å². The van der Waals surface area contributed by atoms with Gasteiger partial charge < -0.3 is 4.52 Å². The van der Waals surface area contributed by atoms with Crippen molar-refractivity contribution in [2.24, 2.45) is 11.8 Å². The van der Waals surface area contributed by atoms with Crippen LogP contribution in [0.5, 0.6) is 0 Å². The first kappa shape index (κ1) is 11.9. The number of hydrogen-bond donors (Lipinski definition) is 0. The Labute approximate surface area is 102 Å². The van der Waals surface area contributed by atoms with Gasteiger partial charge in [0, 0.05) is 5.92 Å². The van der Waals surface area contributed by atoms with Crippen LogP contribution in [-0.4, -0.2) is 10.1 Å². The van der Waals surface area contributed by atoms with E-state index < -0.39 is 0 Å². The van der Waals surface area contributed by atoms with E-state index in [1.807, 2.05) is 0 Å². The van der Waals surface area contributed by atoms with Crippen LogP contribution in [0.15, 0.2) is 4.52 Å². The third-order valence-electron chi connectivity index (χ3n) is 3.68. The van der Waals surface area contributed by atoms with Gasteiger partial charge in [-0.3, -0.25) is 0 Å². The highest BCUT2D eigenvalue weighted by molar-refractivity contribution is 6.16. The third kappa shape index (κ3) is 2.57. The lowest BCUT2D eigenvalue weighted by Gasteiger charge is -2.29. The summed E-state index contributed by atoms with van der Waals surface area (Å²) in [6, 6.07) is 0. The van der Waals surface area contributed by atoms with Gasteiger partial charge in [-0.25, -0.2) is 0 Å². The van der Waals surface area contributed by atoms with Crippen LogP contribution in [-0.2, 0) is 5.88 Å². The van der Waals surface area contributed by atoms with Gasteiger partial charge >= 0.3 is 0 Å². The van der Waals surface area contributed by atoms with Gasteiger partial charge in [0.05, 0.1) is 0 Å². The number of alkyl halides is 1. The molecule has 3 nitrogen and oxygen atoms in total. The highest BCUT2D eigenvalue weighted by atomic mass is 35.5. The minimum atomic E-state index is 0.314. The second kappa shape index (κ2) is 5.17. The van der Waals surface area contributed by atoms with Crippen molar-refractivity contribution in [3.8, 4) is 0 Å². The molecule has 0 unspecified atom stereocenters. The molecule has 1 aromatic heterocycles. The van der Waals surface area contributed by atoms with Crippen LogP contribution < -0.4 is 0 Å². The monoisotopic (exact) mass is 242 g/mol. The summed E-state index contributed by atoms with van der Waals surface area (Å²) in [4.78, 5) is 4.31. The van der Waals surface area contributed by atoms with E-state index >= 15 is 0 Å². The van der Waals surface area contributed by atoms with Crippen molar-refractivity contribution in [2.75, 3.05) is 0 Å². The predicted molar refractivity (Wildman–Crippen MR) is 63.4 cm³/mol. The molecule has 0 aliphatic heterocycles. The molecule has 4 heteroatoms. The van der Waals surface area contributed by atoms with Gasteiger partial charge in [0.25, 0.3) is 0 Å². The lowest BCUT2D eigenvalue weighted by Crippen LogP contribution is -2.18. The van der Waals surface area contributed by atoms with Gasteiger partial charge in [0.15, 0.2) is 5.82 Å². The van der Waals surface area contributed by atoms with Crippen LogP contribution in [0, 0.1) is 11.8 Å². The van der Waals surface area contributed by atoms with Crippen molar-refractivity contribution in [1.82, 2.24) is 10.1 Å². The van der Waals surface area contributed by atoms with Crippen LogP contribution in [0.1, 0.15) is 57.2 Å². The zero-order valence-corrected chi connectivity index (χ0v) is 10.7. The number of nitrogens with zero attached hydrogens (tertiary/aromatic N) is 2. The van der Waals surface area contributed by atoms with Crippen molar-refractivity contribution >= 4 is 11.6 Å². The molecule has 0 bridgehead atoms. The molecule has 2 rings (SSSR count). The maximum Gasteiger partial charge on any atom is 0.241 e. The molecule has 1 heterocycles. The van der Waals surface area contributed by atoms with E-state index in [2.05, 4.69) is 24.0 Å². The van der Waals surface area contributed by atoms with Crippen LogP contribution >= 0.6 is 11.6 Å². The topological polar surface area (TPSA) is 38.9 Å². The Morgan fingerprint density at radius 3 is 2.50 bits per heavy atom. The lowest BCUT2D eigenvalue weighted by atomic mass is 9.77. The van der Waals surface area contributed by atoms with E-state index in [1.165, 1.54) is 25.7 Å². The highest BCUT2D eigenvalue weighted by Crippen LogP contribution is 2.37. The van der Waals surface area contributed by atoms with Crippen LogP contribution in [0.3, 0.4) is 0 Å². The fourth-order valence-corrected chi connectivity index (χ4v) is 2.64. The molecule has 0 atom stereocenters. The lowest BCUT2D eigenvalue weighted by molar-refractivity contribution is 0.251. The maximum absolute atomic E-state index is 5.65. The summed E-state index contributed by atoms with van der Waals surface area (Å²) in [5.74, 6) is 3.87. The zero-order chi connectivity index (χ0) is 11.5. The molecule has 1 saturated carbocycles. The number of hydrogen-bond acceptors (Lipinski definition) is 3. The molecular formula is C12H19ClN2O. The number of halogens is 1. The Morgan fingerprint density at radius 1 is 1.31 bits per heavy atom. The third-order valence-corrected chi connectivity index (χ3v) is 3.91. The van der Waals surface area contributed by atoms with Gasteiger partial charge in [-0.05, 0) is 37.5 Å². The van der Waals surface area contributed by atoms with Crippen LogP contribution in [0.4, 0.5) is 0 Å². The Balaban J connectivity index is 1.93. The largest absolute Gasteiger partial charge is 0.338 e. The zero-order valence-electron chi connectivity index (χ0n) is 9.95. The fraction of sp³-hybridized carbons (Fsp3) is 0.833. The van der Waals surface area contributed by atoms with Gasteiger partial charge in [-0.1, -0.05) is 19.0 Å². The predicted octanol–water partition coefficient (Wildman–Crippen LogP) is 3.74. The van der Waals surface area contributed by atoms with Gasteiger partial charge in [-0.15, -0.1) is 11.6 Å². The van der Waals surface area contributed by atoms with Crippen molar-refractivity contribution in [3.63, 3.8) is 0 Å². The second-order valence-electron chi connectivity index (χ2n) is 5.04. The first-order chi connectivity index (χ1) is 7.70. The van der Waals surface area contributed by atoms with Gasteiger partial charge in [0.1, 0.15) is 5.88 Å². The Kier molecular flexibility index (Phi) is 3.85. The Morgan fingerprint density at radius 2 is 2.00 bits per heavy atom. The summed E-state index contributed by atoms with van der Waals surface area (Å²) in [7, 11) is 0. The molecule has 0 aromatic carbocycles. The first-order valence-electron chi connectivity index (χ1n) is 6.09. The molecule has 0 radical (unpaired) electrons. The Bertz CT molecular complexity index is 330. The molecule has 1 aliphatic carbocycles. The van der Waals surface area contributed by atoms with E-state index in [9.17, 15) is 0 Å². The van der Waals surface area contributed by atoms with E-state index in [0.29, 0.717) is 17.7 Å². The summed E-state index contributed by atoms with van der Waals surface area (Å²) >= 11 is 5.65. The fourth-order valence-electron chi connectivity index (χ4n) is 2.53. The minimum Gasteiger partial charge on any atom is -0.338 e. The molecule has 0 N–H and O–H groups in total. The molecule has 1 fully saturated rings. The van der Waals surface area contributed by atoms with E-state index in [0.717, 1.165) is 17.7 Å². The second-order valence-corrected chi connectivity index (χ2v) is 5.30. The van der Waals surface area contributed by atoms with Crippen LogP contribution in [0.2, 0.25) is 0 Å². The summed E-state index contributed by atoms with van der Waals surface area (Å²) in [5, 5.41) is 4.01. The molecule has 0 saturated heterocycles. The molecular weight excluding hydrogens is 224 g/mol. The van der Waals surface area contributed by atoms with Crippen molar-refractivity contribution in [2.45, 2.75) is 51.3 Å². The maximum atomic E-state index is 5.65. The summed E-state index contributed by atoms with van der Waals surface area (Å²) in [6.45, 7) is 4.62. The molecule has 90 valence electrons. The average Bonchev–Trinajstić information content (AvgIpc) is 2.77. The van der Waals surface area contributed by atoms with Crippen molar-refractivity contribution in [3.05, 3.63) is 11.7 Å². The molecule has 0 amide bonds. The summed E-state index contributed by atoms with van der Waals surface area (Å²) in [6.07, 6.45) is 4.94. The summed E-state index contributed by atoms with van der Waals surface area (Å²) < 4.78 is 5.05. The average molecular weight is 243 g/mol. The molecule has 16 heavy (non-hydrogen) atoms. The summed E-state index contributed by atoms with van der Waals surface area (Å²) in [5.41, 5.74) is 0. The molecule has 1 aliphatic rings. The molecule has 0 spiro atoms. The quantitative estimate of drug-likeness (QED) is 0.758. The Hall–Kier alpha value is -0.570. The van der Waals surface area contributed by atoms with Gasteiger partial charge in [0.2, 0.25) is 5.89 Å². The van der Waals surface area contributed by atoms with E-state index in [-0.39, 0.29) is 0 Å². The smallest absolute Gasteiger partial charge is 0.241 e. The standard InChI is InChI=1S/C12H19ClN2O/c1-8(2)9-3-5-10(6-4-9)12-14-11(7-13)16-15-12/h8-10H,3-7H2,1-2H3. The first-order valence-corrected chi connectivity index (χ1v) is 6.62. The normalized spacial score (nSPS) is 26.2. The van der Waals surface area contributed by atoms with Gasteiger partial charge in [-0.2, -0.15) is 4.98 Å². The van der Waals surface area contributed by atoms with E-state index in [1.54, 1.807) is 0 Å². The SMILES string of the molecule is CC(C)C1CCC(c2noc(CCl)n2)CC1. The minimum absolute atomic E-state index is 0.314. The van der Waals surface area contributed by atoms with E-state index in [4.69, 9.17) is 16.1 Å². The highest BCUT2D eigenvalue weighted by Gasteiger charge is 2.27. The number of aromatic nitrogens is 2. The molecule has 1 aromatic rings. The number of rotatable bonds is 3. The van der Waals surface area contributed by atoms with Crippen molar-refractivity contribution in [1.29, 1.82) is 0 Å². The van der Waals surface area contributed by atoms with Crippen LogP contribution in [0.25, 0.3) is 0 Å².